The summed E-state index contributed by atoms with van der Waals surface area (Å²) in [5.74, 6) is 0.908. The molecule has 0 fully saturated rings. The van der Waals surface area contributed by atoms with E-state index < -0.39 is 5.41 Å². The van der Waals surface area contributed by atoms with Gasteiger partial charge in [-0.1, -0.05) is 164 Å². The molecule has 0 atom stereocenters. The summed E-state index contributed by atoms with van der Waals surface area (Å²) in [7, 11) is 0. The monoisotopic (exact) mass is 825 g/mol. The van der Waals surface area contributed by atoms with E-state index in [-0.39, 0.29) is 0 Å². The van der Waals surface area contributed by atoms with Crippen molar-refractivity contribution in [2.45, 2.75) is 5.41 Å². The van der Waals surface area contributed by atoms with Crippen LogP contribution in [0.4, 0.5) is 0 Å². The van der Waals surface area contributed by atoms with Gasteiger partial charge in [0.2, 0.25) is 0 Å². The van der Waals surface area contributed by atoms with Crippen molar-refractivity contribution in [3.05, 3.63) is 259 Å². The minimum Gasteiger partial charge on any atom is -0.309 e. The Labute approximate surface area is 376 Å². The topological polar surface area (TPSA) is 22.8 Å². The normalized spacial score (nSPS) is 13.0. The fourth-order valence-electron chi connectivity index (χ4n) is 11.4. The van der Waals surface area contributed by atoms with Gasteiger partial charge in [0.15, 0.2) is 0 Å². The highest BCUT2D eigenvalue weighted by Gasteiger charge is 2.51. The lowest BCUT2D eigenvalue weighted by molar-refractivity contribution is 0.794. The molecule has 14 rings (SSSR count). The Morgan fingerprint density at radius 3 is 1.38 bits per heavy atom. The molecule has 2 aliphatic rings. The van der Waals surface area contributed by atoms with E-state index in [1.807, 2.05) is 0 Å². The van der Waals surface area contributed by atoms with Crippen molar-refractivity contribution in [3.63, 3.8) is 0 Å². The molecular weight excluding hydrogens is 787 g/mol. The largest absolute Gasteiger partial charge is 0.309 e. The average molecular weight is 826 g/mol. The van der Waals surface area contributed by atoms with Gasteiger partial charge in [-0.15, -0.1) is 0 Å². The summed E-state index contributed by atoms with van der Waals surface area (Å²) in [6, 6.07) is 87.0. The summed E-state index contributed by atoms with van der Waals surface area (Å²) >= 11 is 0. The van der Waals surface area contributed by atoms with E-state index in [1.165, 1.54) is 71.9 Å². The van der Waals surface area contributed by atoms with Crippen LogP contribution in [-0.4, -0.2) is 14.1 Å². The molecule has 2 heterocycles. The third-order valence-corrected chi connectivity index (χ3v) is 14.1. The lowest BCUT2D eigenvalue weighted by Gasteiger charge is -2.30. The van der Waals surface area contributed by atoms with Gasteiger partial charge >= 0.3 is 0 Å². The molecule has 3 heteroatoms. The predicted octanol–water partition coefficient (Wildman–Crippen LogP) is 15.5. The van der Waals surface area contributed by atoms with Crippen molar-refractivity contribution in [3.8, 4) is 67.3 Å². The first kappa shape index (κ1) is 36.0. The van der Waals surface area contributed by atoms with E-state index in [2.05, 4.69) is 246 Å². The van der Waals surface area contributed by atoms with E-state index in [4.69, 9.17) is 4.98 Å². The molecule has 0 amide bonds. The van der Waals surface area contributed by atoms with Gasteiger partial charge in [0, 0.05) is 27.7 Å². The molecule has 0 saturated carbocycles. The molecule has 3 nitrogen and oxygen atoms in total. The second kappa shape index (κ2) is 13.7. The van der Waals surface area contributed by atoms with Gasteiger partial charge in [0.25, 0.3) is 0 Å². The van der Waals surface area contributed by atoms with E-state index in [1.54, 1.807) is 0 Å². The molecule has 12 aromatic rings. The Hall–Kier alpha value is -8.53. The maximum atomic E-state index is 5.39. The molecular formula is C62H39N3. The van der Waals surface area contributed by atoms with Crippen molar-refractivity contribution in [2.24, 2.45) is 0 Å². The summed E-state index contributed by atoms with van der Waals surface area (Å²) in [5, 5.41) is 2.52. The summed E-state index contributed by atoms with van der Waals surface area (Å²) in [5.41, 5.74) is 22.4. The Kier molecular flexibility index (Phi) is 7.61. The SMILES string of the molecule is c1ccc(-n2c(-c3cc(-c4ccc(-n5c6ccccc6c6ccccc65)cc4)cc(-c4ccc5c(c4)C4(c6ccccc6-c6ccccc64)c4ccccc4-5)c3)nc3ccccc32)cc1. The first-order valence-electron chi connectivity index (χ1n) is 22.5. The number of nitrogens with zero attached hydrogens (tertiary/aromatic N) is 3. The number of para-hydroxylation sites is 5. The number of rotatable bonds is 5. The fraction of sp³-hybridized carbons (Fsp3) is 0.0161. The molecule has 0 bridgehead atoms. The van der Waals surface area contributed by atoms with Gasteiger partial charge < -0.3 is 4.57 Å². The van der Waals surface area contributed by atoms with Crippen LogP contribution >= 0.6 is 0 Å². The number of hydrogen-bond donors (Lipinski definition) is 0. The minimum atomic E-state index is -0.431. The van der Waals surface area contributed by atoms with Crippen LogP contribution in [0.2, 0.25) is 0 Å². The summed E-state index contributed by atoms with van der Waals surface area (Å²) < 4.78 is 4.69. The molecule has 0 N–H and O–H groups in total. The van der Waals surface area contributed by atoms with Crippen molar-refractivity contribution in [1.82, 2.24) is 14.1 Å². The molecule has 0 aliphatic heterocycles. The number of aromatic nitrogens is 3. The maximum Gasteiger partial charge on any atom is 0.145 e. The van der Waals surface area contributed by atoms with E-state index in [0.717, 1.165) is 50.5 Å². The standard InChI is InChI=1S/C62H39N3/c1-2-16-45(17-3-1)65-60-29-15-12-26-57(60)63-61(65)44-37-42(40-30-33-46(34-31-40)64-58-27-13-7-21-51(58)52-22-8-14-28-59(52)64)36-43(38-44)41-32-35-50-49-20-6-11-25-55(49)62(56(50)39-41)53-23-9-4-18-47(53)48-19-5-10-24-54(48)62/h1-39H. The van der Waals surface area contributed by atoms with E-state index >= 15 is 0 Å². The van der Waals surface area contributed by atoms with Crippen molar-refractivity contribution in [1.29, 1.82) is 0 Å². The third-order valence-electron chi connectivity index (χ3n) is 14.1. The van der Waals surface area contributed by atoms with Gasteiger partial charge in [-0.2, -0.15) is 0 Å². The predicted molar refractivity (Wildman–Crippen MR) is 268 cm³/mol. The smallest absolute Gasteiger partial charge is 0.145 e. The Bertz CT molecular complexity index is 3770. The number of imidazole rings is 1. The van der Waals surface area contributed by atoms with Crippen LogP contribution in [0.15, 0.2) is 237 Å². The van der Waals surface area contributed by atoms with Gasteiger partial charge in [0.1, 0.15) is 5.82 Å². The molecule has 0 saturated heterocycles. The molecule has 2 aromatic heterocycles. The molecule has 10 aromatic carbocycles. The second-order valence-corrected chi connectivity index (χ2v) is 17.5. The number of fused-ring (bicyclic) bond motifs is 14. The first-order valence-corrected chi connectivity index (χ1v) is 22.5. The average Bonchev–Trinajstić information content (AvgIpc) is 4.11. The Morgan fingerprint density at radius 2 is 0.754 bits per heavy atom. The molecule has 0 unspecified atom stereocenters. The molecule has 0 radical (unpaired) electrons. The van der Waals surface area contributed by atoms with Crippen LogP contribution in [0.3, 0.4) is 0 Å². The highest BCUT2D eigenvalue weighted by molar-refractivity contribution is 6.09. The zero-order valence-electron chi connectivity index (χ0n) is 35.4. The van der Waals surface area contributed by atoms with E-state index in [9.17, 15) is 0 Å². The Morgan fingerprint density at radius 1 is 0.292 bits per heavy atom. The molecule has 2 aliphatic carbocycles. The van der Waals surface area contributed by atoms with Crippen molar-refractivity contribution in [2.75, 3.05) is 0 Å². The summed E-state index contributed by atoms with van der Waals surface area (Å²) in [6.45, 7) is 0. The van der Waals surface area contributed by atoms with Gasteiger partial charge in [-0.25, -0.2) is 4.98 Å². The zero-order chi connectivity index (χ0) is 42.6. The Balaban J connectivity index is 0.996. The van der Waals surface area contributed by atoms with Gasteiger partial charge in [-0.05, 0) is 140 Å². The van der Waals surface area contributed by atoms with Crippen LogP contribution in [0.25, 0.3) is 100 Å². The van der Waals surface area contributed by atoms with Gasteiger partial charge in [0.05, 0.1) is 27.5 Å². The summed E-state index contributed by atoms with van der Waals surface area (Å²) in [4.78, 5) is 5.39. The van der Waals surface area contributed by atoms with Crippen LogP contribution in [0.5, 0.6) is 0 Å². The van der Waals surface area contributed by atoms with Crippen LogP contribution < -0.4 is 0 Å². The minimum absolute atomic E-state index is 0.431. The number of hydrogen-bond acceptors (Lipinski definition) is 1. The molecule has 65 heavy (non-hydrogen) atoms. The van der Waals surface area contributed by atoms with E-state index in [0.29, 0.717) is 0 Å². The molecule has 1 spiro atoms. The highest BCUT2D eigenvalue weighted by atomic mass is 15.1. The van der Waals surface area contributed by atoms with Gasteiger partial charge in [-0.3, -0.25) is 4.57 Å². The van der Waals surface area contributed by atoms with Crippen LogP contribution in [-0.2, 0) is 5.41 Å². The lowest BCUT2D eigenvalue weighted by atomic mass is 9.70. The first-order chi connectivity index (χ1) is 32.2. The second-order valence-electron chi connectivity index (χ2n) is 17.5. The van der Waals surface area contributed by atoms with Crippen LogP contribution in [0.1, 0.15) is 22.3 Å². The lowest BCUT2D eigenvalue weighted by Crippen LogP contribution is -2.25. The van der Waals surface area contributed by atoms with Crippen LogP contribution in [0, 0.1) is 0 Å². The number of benzene rings is 10. The summed E-state index contributed by atoms with van der Waals surface area (Å²) in [6.07, 6.45) is 0. The quantitative estimate of drug-likeness (QED) is 0.169. The highest BCUT2D eigenvalue weighted by Crippen LogP contribution is 2.63. The zero-order valence-corrected chi connectivity index (χ0v) is 35.4. The third kappa shape index (κ3) is 5.09. The molecule has 302 valence electrons. The van der Waals surface area contributed by atoms with Crippen molar-refractivity contribution >= 4 is 32.8 Å². The fourth-order valence-corrected chi connectivity index (χ4v) is 11.4. The van der Waals surface area contributed by atoms with Crippen molar-refractivity contribution < 1.29 is 0 Å². The maximum absolute atomic E-state index is 5.39.